The molecule has 0 unspecified atom stereocenters. The van der Waals surface area contributed by atoms with Crippen LogP contribution in [0.5, 0.6) is 0 Å². The van der Waals surface area contributed by atoms with Crippen molar-refractivity contribution in [2.45, 2.75) is 13.0 Å². The summed E-state index contributed by atoms with van der Waals surface area (Å²) in [6.45, 7) is -0.0113. The molecule has 0 radical (unpaired) electrons. The van der Waals surface area contributed by atoms with Crippen molar-refractivity contribution in [2.75, 3.05) is 6.54 Å². The highest BCUT2D eigenvalue weighted by molar-refractivity contribution is 5.80. The van der Waals surface area contributed by atoms with Crippen LogP contribution in [-0.4, -0.2) is 38.6 Å². The number of aliphatic carboxylic acids is 1. The monoisotopic (exact) mass is 288 g/mol. The van der Waals surface area contributed by atoms with Gasteiger partial charge in [0.05, 0.1) is 6.42 Å². The molecule has 108 valence electrons. The van der Waals surface area contributed by atoms with E-state index in [0.29, 0.717) is 12.4 Å². The summed E-state index contributed by atoms with van der Waals surface area (Å²) in [6.07, 6.45) is 6.79. The zero-order valence-electron chi connectivity index (χ0n) is 11.1. The lowest BCUT2D eigenvalue weighted by molar-refractivity contribution is -0.752. The molecule has 8 nitrogen and oxygen atoms in total. The molecule has 0 saturated carbocycles. The molecule has 0 atom stereocenters. The van der Waals surface area contributed by atoms with Gasteiger partial charge in [0.2, 0.25) is 5.91 Å². The van der Waals surface area contributed by atoms with Gasteiger partial charge in [-0.05, 0) is 11.2 Å². The highest BCUT2D eigenvalue weighted by atomic mass is 16.4. The topological polar surface area (TPSA) is 109 Å². The van der Waals surface area contributed by atoms with Crippen molar-refractivity contribution in [1.82, 2.24) is 20.4 Å². The first-order chi connectivity index (χ1) is 10.1. The maximum absolute atomic E-state index is 11.4. The molecule has 1 amide bonds. The van der Waals surface area contributed by atoms with E-state index in [0.717, 1.165) is 5.56 Å². The van der Waals surface area contributed by atoms with E-state index in [4.69, 9.17) is 5.11 Å². The van der Waals surface area contributed by atoms with Crippen LogP contribution >= 0.6 is 0 Å². The first-order valence-corrected chi connectivity index (χ1v) is 6.27. The second-order valence-electron chi connectivity index (χ2n) is 4.17. The lowest BCUT2D eigenvalue weighted by Crippen LogP contribution is -2.40. The Morgan fingerprint density at radius 3 is 2.67 bits per heavy atom. The number of hydrogen-bond donors (Lipinski definition) is 2. The van der Waals surface area contributed by atoms with Crippen LogP contribution in [0.25, 0.3) is 11.4 Å². The number of amides is 1. The van der Waals surface area contributed by atoms with E-state index in [9.17, 15) is 9.59 Å². The van der Waals surface area contributed by atoms with Gasteiger partial charge in [0, 0.05) is 24.0 Å². The number of carboxylic acid groups (broad SMARTS) is 1. The van der Waals surface area contributed by atoms with Crippen LogP contribution in [-0.2, 0) is 16.1 Å². The lowest BCUT2D eigenvalue weighted by Gasteiger charge is -2.00. The van der Waals surface area contributed by atoms with E-state index in [-0.39, 0.29) is 18.9 Å². The number of rotatable bonds is 6. The highest BCUT2D eigenvalue weighted by Crippen LogP contribution is 2.09. The minimum absolute atomic E-state index is 0.159. The van der Waals surface area contributed by atoms with Gasteiger partial charge in [0.25, 0.3) is 0 Å². The molecule has 0 aliphatic heterocycles. The van der Waals surface area contributed by atoms with Gasteiger partial charge in [0.1, 0.15) is 12.7 Å². The molecule has 8 heteroatoms. The van der Waals surface area contributed by atoms with Gasteiger partial charge in [-0.2, -0.15) is 0 Å². The van der Waals surface area contributed by atoms with E-state index in [2.05, 4.69) is 20.4 Å². The predicted molar refractivity (Wildman–Crippen MR) is 70.7 cm³/mol. The van der Waals surface area contributed by atoms with Crippen molar-refractivity contribution < 1.29 is 19.4 Å². The zero-order chi connectivity index (χ0) is 15.1. The second kappa shape index (κ2) is 7.04. The molecule has 0 aliphatic rings. The average molecular weight is 288 g/mol. The fourth-order valence-electron chi connectivity index (χ4n) is 1.58. The fraction of sp³-hybridized carbons (Fsp3) is 0.231. The average Bonchev–Trinajstić information content (AvgIpc) is 2.52. The molecule has 2 heterocycles. The van der Waals surface area contributed by atoms with E-state index < -0.39 is 5.97 Å². The van der Waals surface area contributed by atoms with Crippen molar-refractivity contribution in [3.05, 3.63) is 36.9 Å². The third-order valence-corrected chi connectivity index (χ3v) is 2.60. The van der Waals surface area contributed by atoms with Crippen LogP contribution in [0.4, 0.5) is 0 Å². The Bertz CT molecular complexity index is 615. The predicted octanol–water partition coefficient (Wildman–Crippen LogP) is -0.583. The summed E-state index contributed by atoms with van der Waals surface area (Å²) in [5, 5.41) is 14.9. The molecule has 0 spiro atoms. The van der Waals surface area contributed by atoms with Gasteiger partial charge >= 0.3 is 5.97 Å². The normalized spacial score (nSPS) is 10.1. The van der Waals surface area contributed by atoms with Gasteiger partial charge in [-0.3, -0.25) is 9.59 Å². The van der Waals surface area contributed by atoms with Crippen molar-refractivity contribution >= 4 is 11.9 Å². The summed E-state index contributed by atoms with van der Waals surface area (Å²) in [5.74, 6) is -0.820. The molecule has 2 aromatic heterocycles. The SMILES string of the molecule is O=C(O)CNC(=O)CC[n+]1ccc(-c2ncccn2)cn1. The van der Waals surface area contributed by atoms with Gasteiger partial charge in [-0.15, -0.1) is 0 Å². The Hall–Kier alpha value is -2.90. The first kappa shape index (κ1) is 14.5. The van der Waals surface area contributed by atoms with Crippen molar-refractivity contribution in [1.29, 1.82) is 0 Å². The third kappa shape index (κ3) is 4.60. The minimum Gasteiger partial charge on any atom is -0.480 e. The molecular weight excluding hydrogens is 274 g/mol. The van der Waals surface area contributed by atoms with Crippen molar-refractivity contribution in [2.24, 2.45) is 0 Å². The Morgan fingerprint density at radius 1 is 1.29 bits per heavy atom. The van der Waals surface area contributed by atoms with Crippen LogP contribution in [0.15, 0.2) is 36.9 Å². The maximum atomic E-state index is 11.4. The van der Waals surface area contributed by atoms with Gasteiger partial charge in [0.15, 0.2) is 18.6 Å². The van der Waals surface area contributed by atoms with Crippen LogP contribution in [0.3, 0.4) is 0 Å². The van der Waals surface area contributed by atoms with Gasteiger partial charge in [-0.1, -0.05) is 4.68 Å². The molecule has 2 rings (SSSR count). The van der Waals surface area contributed by atoms with Crippen molar-refractivity contribution in [3.63, 3.8) is 0 Å². The van der Waals surface area contributed by atoms with Crippen LogP contribution in [0.1, 0.15) is 6.42 Å². The quantitative estimate of drug-likeness (QED) is 0.688. The first-order valence-electron chi connectivity index (χ1n) is 6.27. The number of carboxylic acids is 1. The number of carbonyl (C=O) groups is 2. The Labute approximate surface area is 120 Å². The standard InChI is InChI=1S/C13H13N5O3/c19-11(16-9-12(20)21)3-7-18-6-2-10(8-17-18)13-14-4-1-5-15-13/h1-2,4-6,8H,3,7,9H2,(H-,16,19,20,21)/p+1. The smallest absolute Gasteiger partial charge is 0.322 e. The lowest BCUT2D eigenvalue weighted by atomic mass is 10.3. The summed E-state index contributed by atoms with van der Waals surface area (Å²) in [6, 6.07) is 3.53. The van der Waals surface area contributed by atoms with E-state index >= 15 is 0 Å². The van der Waals surface area contributed by atoms with Crippen LogP contribution in [0.2, 0.25) is 0 Å². The molecule has 2 N–H and O–H groups in total. The van der Waals surface area contributed by atoms with E-state index in [1.807, 2.05) is 0 Å². The number of aryl methyl sites for hydroxylation is 1. The second-order valence-corrected chi connectivity index (χ2v) is 4.17. The number of hydrogen-bond acceptors (Lipinski definition) is 5. The molecule has 0 fully saturated rings. The number of nitrogens with zero attached hydrogens (tertiary/aromatic N) is 4. The maximum Gasteiger partial charge on any atom is 0.322 e. The molecule has 2 aromatic rings. The summed E-state index contributed by atoms with van der Waals surface area (Å²) >= 11 is 0. The molecule has 0 aromatic carbocycles. The molecular formula is C13H14N5O3+. The van der Waals surface area contributed by atoms with E-state index in [1.165, 1.54) is 0 Å². The van der Waals surface area contributed by atoms with Gasteiger partial charge in [-0.25, -0.2) is 9.97 Å². The number of carbonyl (C=O) groups excluding carboxylic acids is 1. The van der Waals surface area contributed by atoms with E-state index in [1.54, 1.807) is 41.6 Å². The van der Waals surface area contributed by atoms with Gasteiger partial charge < -0.3 is 10.4 Å². The van der Waals surface area contributed by atoms with Crippen molar-refractivity contribution in [3.8, 4) is 11.4 Å². The Morgan fingerprint density at radius 2 is 2.05 bits per heavy atom. The summed E-state index contributed by atoms with van der Waals surface area (Å²) in [7, 11) is 0. The van der Waals surface area contributed by atoms with Crippen LogP contribution < -0.4 is 10.00 Å². The third-order valence-electron chi connectivity index (χ3n) is 2.60. The summed E-state index contributed by atoms with van der Waals surface area (Å²) < 4.78 is 1.59. The Balaban J connectivity index is 1.88. The molecule has 0 saturated heterocycles. The zero-order valence-corrected chi connectivity index (χ0v) is 11.1. The minimum atomic E-state index is -1.07. The fourth-order valence-corrected chi connectivity index (χ4v) is 1.58. The molecule has 0 aliphatic carbocycles. The van der Waals surface area contributed by atoms with Crippen LogP contribution in [0, 0.1) is 0 Å². The molecule has 0 bridgehead atoms. The number of nitrogens with one attached hydrogen (secondary N) is 1. The number of aromatic nitrogens is 4. The Kier molecular flexibility index (Phi) is 4.86. The highest BCUT2D eigenvalue weighted by Gasteiger charge is 2.10. The summed E-state index contributed by atoms with van der Waals surface area (Å²) in [5.41, 5.74) is 0.780. The largest absolute Gasteiger partial charge is 0.480 e. The summed E-state index contributed by atoms with van der Waals surface area (Å²) in [4.78, 5) is 29.9. The molecule has 21 heavy (non-hydrogen) atoms.